The Balaban J connectivity index is 2.65. The second-order valence-electron chi connectivity index (χ2n) is 2.66. The summed E-state index contributed by atoms with van der Waals surface area (Å²) in [7, 11) is 0. The molecule has 0 fully saturated rings. The molecule has 0 aromatic heterocycles. The van der Waals surface area contributed by atoms with Gasteiger partial charge in [-0.1, -0.05) is 18.2 Å². The van der Waals surface area contributed by atoms with Crippen LogP contribution in [0, 0.1) is 0 Å². The second kappa shape index (κ2) is 4.30. The van der Waals surface area contributed by atoms with Gasteiger partial charge in [0.05, 0.1) is 0 Å². The molecule has 3 heteroatoms. The highest BCUT2D eigenvalue weighted by atomic mass is 16.4. The number of allylic oxidation sites excluding steroid dienone is 1. The van der Waals surface area contributed by atoms with Crippen LogP contribution in [0.2, 0.25) is 0 Å². The lowest BCUT2D eigenvalue weighted by molar-refractivity contribution is -0.131. The third-order valence-electron chi connectivity index (χ3n) is 1.46. The van der Waals surface area contributed by atoms with Crippen molar-refractivity contribution in [2.75, 3.05) is 5.32 Å². The normalized spacial score (nSPS) is 11.0. The third-order valence-corrected chi connectivity index (χ3v) is 1.46. The third kappa shape index (κ3) is 3.42. The molecule has 0 radical (unpaired) electrons. The lowest BCUT2D eigenvalue weighted by atomic mass is 10.3. The van der Waals surface area contributed by atoms with Gasteiger partial charge >= 0.3 is 5.97 Å². The van der Waals surface area contributed by atoms with Crippen LogP contribution in [-0.2, 0) is 4.79 Å². The molecule has 1 aromatic rings. The van der Waals surface area contributed by atoms with Crippen molar-refractivity contribution < 1.29 is 9.90 Å². The molecule has 0 aliphatic carbocycles. The summed E-state index contributed by atoms with van der Waals surface area (Å²) in [6, 6.07) is 9.42. The van der Waals surface area contributed by atoms with Crippen LogP contribution in [0.3, 0.4) is 0 Å². The van der Waals surface area contributed by atoms with E-state index in [0.717, 1.165) is 11.8 Å². The number of carboxylic acid groups (broad SMARTS) is 1. The number of carboxylic acids is 1. The van der Waals surface area contributed by atoms with Crippen molar-refractivity contribution in [2.45, 2.75) is 6.92 Å². The zero-order valence-electron chi connectivity index (χ0n) is 7.32. The maximum Gasteiger partial charge on any atom is 0.330 e. The van der Waals surface area contributed by atoms with Gasteiger partial charge in [-0.05, 0) is 19.1 Å². The van der Waals surface area contributed by atoms with Gasteiger partial charge in [-0.2, -0.15) is 0 Å². The predicted molar refractivity (Wildman–Crippen MR) is 51.5 cm³/mol. The monoisotopic (exact) mass is 177 g/mol. The average Bonchev–Trinajstić information content (AvgIpc) is 2.04. The van der Waals surface area contributed by atoms with Crippen molar-refractivity contribution in [1.29, 1.82) is 0 Å². The summed E-state index contributed by atoms with van der Waals surface area (Å²) in [6.07, 6.45) is 1.13. The number of rotatable bonds is 3. The highest BCUT2D eigenvalue weighted by molar-refractivity contribution is 5.81. The average molecular weight is 177 g/mol. The summed E-state index contributed by atoms with van der Waals surface area (Å²) in [5.74, 6) is -0.944. The Hall–Kier alpha value is -1.77. The minimum absolute atomic E-state index is 0.610. The second-order valence-corrected chi connectivity index (χ2v) is 2.66. The van der Waals surface area contributed by atoms with Crippen LogP contribution in [-0.4, -0.2) is 11.1 Å². The fourth-order valence-corrected chi connectivity index (χ4v) is 0.970. The highest BCUT2D eigenvalue weighted by Gasteiger charge is 1.93. The first kappa shape index (κ1) is 9.32. The lowest BCUT2D eigenvalue weighted by Crippen LogP contribution is -1.99. The van der Waals surface area contributed by atoms with E-state index < -0.39 is 5.97 Å². The molecule has 1 aromatic carbocycles. The Kier molecular flexibility index (Phi) is 3.09. The van der Waals surface area contributed by atoms with E-state index >= 15 is 0 Å². The number of carbonyl (C=O) groups is 1. The zero-order chi connectivity index (χ0) is 9.68. The molecule has 0 aliphatic rings. The van der Waals surface area contributed by atoms with E-state index in [1.807, 2.05) is 30.3 Å². The number of nitrogens with one attached hydrogen (secondary N) is 1. The molecule has 0 spiro atoms. The Morgan fingerprint density at radius 2 is 2.00 bits per heavy atom. The van der Waals surface area contributed by atoms with Crippen molar-refractivity contribution in [1.82, 2.24) is 0 Å². The summed E-state index contributed by atoms with van der Waals surface area (Å²) in [5.41, 5.74) is 1.50. The van der Waals surface area contributed by atoms with Gasteiger partial charge in [-0.25, -0.2) is 4.79 Å². The molecule has 0 saturated carbocycles. The Bertz CT molecular complexity index is 317. The predicted octanol–water partition coefficient (Wildman–Crippen LogP) is 2.09. The van der Waals surface area contributed by atoms with Gasteiger partial charge in [0.1, 0.15) is 0 Å². The van der Waals surface area contributed by atoms with E-state index in [9.17, 15) is 4.79 Å². The first-order chi connectivity index (χ1) is 6.18. The van der Waals surface area contributed by atoms with Gasteiger partial charge in [0, 0.05) is 17.5 Å². The zero-order valence-corrected chi connectivity index (χ0v) is 7.32. The molecule has 0 unspecified atom stereocenters. The molecule has 0 aliphatic heterocycles. The number of aliphatic carboxylic acids is 1. The minimum atomic E-state index is -0.944. The molecule has 13 heavy (non-hydrogen) atoms. The quantitative estimate of drug-likeness (QED) is 0.695. The molecule has 1 rings (SSSR count). The van der Waals surface area contributed by atoms with Crippen LogP contribution in [0.4, 0.5) is 5.69 Å². The van der Waals surface area contributed by atoms with Crippen LogP contribution < -0.4 is 5.32 Å². The molecular weight excluding hydrogens is 166 g/mol. The van der Waals surface area contributed by atoms with Gasteiger partial charge in [0.25, 0.3) is 0 Å². The first-order valence-electron chi connectivity index (χ1n) is 3.92. The van der Waals surface area contributed by atoms with Crippen LogP contribution in [0.15, 0.2) is 42.1 Å². The Labute approximate surface area is 76.7 Å². The molecule has 0 heterocycles. The van der Waals surface area contributed by atoms with Crippen LogP contribution in [0.25, 0.3) is 0 Å². The molecule has 0 bridgehead atoms. The van der Waals surface area contributed by atoms with E-state index in [0.29, 0.717) is 5.70 Å². The minimum Gasteiger partial charge on any atom is -0.478 e. The molecule has 0 atom stereocenters. The van der Waals surface area contributed by atoms with Gasteiger partial charge in [-0.15, -0.1) is 0 Å². The number of benzene rings is 1. The number of anilines is 1. The summed E-state index contributed by atoms with van der Waals surface area (Å²) in [6.45, 7) is 1.71. The summed E-state index contributed by atoms with van der Waals surface area (Å²) < 4.78 is 0. The largest absolute Gasteiger partial charge is 0.478 e. The van der Waals surface area contributed by atoms with Crippen molar-refractivity contribution >= 4 is 11.7 Å². The Morgan fingerprint density at radius 1 is 1.38 bits per heavy atom. The molecule has 68 valence electrons. The van der Waals surface area contributed by atoms with E-state index in [1.54, 1.807) is 6.92 Å². The van der Waals surface area contributed by atoms with Crippen molar-refractivity contribution in [2.24, 2.45) is 0 Å². The molecule has 2 N–H and O–H groups in total. The molecular formula is C10H11NO2. The summed E-state index contributed by atoms with van der Waals surface area (Å²) >= 11 is 0. The molecule has 0 saturated heterocycles. The number of para-hydroxylation sites is 1. The molecule has 3 nitrogen and oxygen atoms in total. The van der Waals surface area contributed by atoms with Crippen molar-refractivity contribution in [3.8, 4) is 0 Å². The van der Waals surface area contributed by atoms with E-state index in [4.69, 9.17) is 5.11 Å². The topological polar surface area (TPSA) is 49.3 Å². The van der Waals surface area contributed by atoms with Gasteiger partial charge < -0.3 is 10.4 Å². The first-order valence-corrected chi connectivity index (χ1v) is 3.92. The van der Waals surface area contributed by atoms with Gasteiger partial charge in [0.15, 0.2) is 0 Å². The maximum atomic E-state index is 10.3. The van der Waals surface area contributed by atoms with Gasteiger partial charge in [-0.3, -0.25) is 0 Å². The standard InChI is InChI=1S/C10H11NO2/c1-8(7-10(12)13)11-9-5-3-2-4-6-9/h2-7,11H,1H3,(H,12,13)/b8-7+. The fourth-order valence-electron chi connectivity index (χ4n) is 0.970. The van der Waals surface area contributed by atoms with Crippen molar-refractivity contribution in [3.05, 3.63) is 42.1 Å². The summed E-state index contributed by atoms with van der Waals surface area (Å²) in [5, 5.41) is 11.4. The van der Waals surface area contributed by atoms with Crippen LogP contribution in [0.1, 0.15) is 6.92 Å². The van der Waals surface area contributed by atoms with Crippen LogP contribution in [0.5, 0.6) is 0 Å². The maximum absolute atomic E-state index is 10.3. The molecule has 0 amide bonds. The van der Waals surface area contributed by atoms with E-state index in [1.165, 1.54) is 0 Å². The van der Waals surface area contributed by atoms with Gasteiger partial charge in [0.2, 0.25) is 0 Å². The Morgan fingerprint density at radius 3 is 2.54 bits per heavy atom. The van der Waals surface area contributed by atoms with Crippen molar-refractivity contribution in [3.63, 3.8) is 0 Å². The number of hydrogen-bond acceptors (Lipinski definition) is 2. The fraction of sp³-hybridized carbons (Fsp3) is 0.100. The van der Waals surface area contributed by atoms with E-state index in [-0.39, 0.29) is 0 Å². The number of hydrogen-bond donors (Lipinski definition) is 2. The smallest absolute Gasteiger partial charge is 0.330 e. The van der Waals surface area contributed by atoms with E-state index in [2.05, 4.69) is 5.32 Å². The SMILES string of the molecule is C/C(=C\C(=O)O)Nc1ccccc1. The lowest BCUT2D eigenvalue weighted by Gasteiger charge is -2.04. The highest BCUT2D eigenvalue weighted by Crippen LogP contribution is 2.07. The van der Waals surface area contributed by atoms with Crippen LogP contribution >= 0.6 is 0 Å². The summed E-state index contributed by atoms with van der Waals surface area (Å²) in [4.78, 5) is 10.3.